The summed E-state index contributed by atoms with van der Waals surface area (Å²) in [6.07, 6.45) is 2.23. The summed E-state index contributed by atoms with van der Waals surface area (Å²) in [5.74, 6) is -6.24. The Kier molecular flexibility index (Phi) is 34.3. The number of rotatable bonds is 16. The Hall–Kier alpha value is -2.82. The van der Waals surface area contributed by atoms with E-state index in [1.165, 1.54) is 13.8 Å². The van der Waals surface area contributed by atoms with Gasteiger partial charge in [-0.3, -0.25) is 0 Å². The summed E-state index contributed by atoms with van der Waals surface area (Å²) >= 11 is 0. The third-order valence-electron chi connectivity index (χ3n) is 4.47. The monoisotopic (exact) mass is 680 g/mol. The van der Waals surface area contributed by atoms with Crippen LogP contribution in [0.3, 0.4) is 0 Å². The van der Waals surface area contributed by atoms with Gasteiger partial charge in [0.15, 0.2) is 0 Å². The molecule has 0 aromatic heterocycles. The SMILES string of the molecule is C=C(C)C(=O)OCC(CO)(CO)CO.C=C(C)C(=O)OCC(CO)(CO)CO.O=C(O)/C=C\C(=O)O.O=C(O)/C=C\C(=O)O.[KH]. The first-order valence-corrected chi connectivity index (χ1v) is 11.9. The molecule has 0 heterocycles. The van der Waals surface area contributed by atoms with Gasteiger partial charge in [-0.2, -0.15) is 0 Å². The van der Waals surface area contributed by atoms with Crippen molar-refractivity contribution in [2.45, 2.75) is 13.8 Å². The summed E-state index contributed by atoms with van der Waals surface area (Å²) < 4.78 is 9.45. The number of aliphatic hydroxyl groups excluding tert-OH is 6. The van der Waals surface area contributed by atoms with Gasteiger partial charge in [-0.05, 0) is 13.8 Å². The molecule has 0 saturated heterocycles. The van der Waals surface area contributed by atoms with E-state index in [0.29, 0.717) is 24.3 Å². The maximum absolute atomic E-state index is 11.0. The van der Waals surface area contributed by atoms with Crippen LogP contribution < -0.4 is 0 Å². The van der Waals surface area contributed by atoms with Crippen LogP contribution in [0.2, 0.25) is 0 Å². The minimum absolute atomic E-state index is 0. The molecule has 0 fully saturated rings. The Labute approximate surface area is 300 Å². The first-order chi connectivity index (χ1) is 20.3. The molecular weight excluding hydrogens is 639 g/mol. The van der Waals surface area contributed by atoms with E-state index < -0.39 is 86.3 Å². The van der Waals surface area contributed by atoms with E-state index in [4.69, 9.17) is 60.5 Å². The Balaban J connectivity index is -0.000000162. The van der Waals surface area contributed by atoms with Gasteiger partial charge in [0.05, 0.1) is 50.5 Å². The average molecular weight is 681 g/mol. The standard InChI is InChI=1S/2C9H16O5.2C4H4O4.K.H/c2*1-7(2)8(13)14-6-9(3-10,4-11)5-12;2*5-3(6)1-2-4(7)8;;/h2*10-12H,1,3-6H2,2H3;2*1-2H,(H,5,6)(H,7,8);;/b;;2*2-1-;;. The number of carbonyl (C=O) groups excluding carboxylic acids is 2. The molecule has 0 aliphatic heterocycles. The van der Waals surface area contributed by atoms with Gasteiger partial charge in [-0.1, -0.05) is 13.2 Å². The van der Waals surface area contributed by atoms with Gasteiger partial charge < -0.3 is 60.5 Å². The van der Waals surface area contributed by atoms with Crippen LogP contribution in [0.15, 0.2) is 48.6 Å². The summed E-state index contributed by atoms with van der Waals surface area (Å²) in [5.41, 5.74) is -1.89. The zero-order valence-corrected chi connectivity index (χ0v) is 24.1. The summed E-state index contributed by atoms with van der Waals surface area (Å²) in [6, 6.07) is 0. The third-order valence-corrected chi connectivity index (χ3v) is 4.47. The van der Waals surface area contributed by atoms with Crippen LogP contribution in [0.5, 0.6) is 0 Å². The molecule has 0 radical (unpaired) electrons. The van der Waals surface area contributed by atoms with Crippen LogP contribution in [0.4, 0.5) is 0 Å². The number of aliphatic carboxylic acids is 4. The van der Waals surface area contributed by atoms with Gasteiger partial charge >= 0.3 is 87.2 Å². The second-order valence-electron chi connectivity index (χ2n) is 8.68. The van der Waals surface area contributed by atoms with Crippen LogP contribution in [0, 0.1) is 10.8 Å². The number of hydrogen-bond acceptors (Lipinski definition) is 14. The van der Waals surface area contributed by atoms with Crippen molar-refractivity contribution >= 4 is 87.2 Å². The molecule has 0 amide bonds. The van der Waals surface area contributed by atoms with Crippen molar-refractivity contribution in [3.63, 3.8) is 0 Å². The van der Waals surface area contributed by atoms with Gasteiger partial charge in [0.2, 0.25) is 0 Å². The van der Waals surface area contributed by atoms with Crippen molar-refractivity contribution in [1.82, 2.24) is 0 Å². The molecule has 18 nitrogen and oxygen atoms in total. The zero-order chi connectivity index (χ0) is 35.5. The van der Waals surface area contributed by atoms with Gasteiger partial charge in [0.1, 0.15) is 13.2 Å². The number of hydrogen-bond donors (Lipinski definition) is 10. The molecule has 0 bridgehead atoms. The Morgan fingerprint density at radius 1 is 0.511 bits per heavy atom. The summed E-state index contributed by atoms with van der Waals surface area (Å²) in [5, 5.41) is 84.6. The van der Waals surface area contributed by atoms with Gasteiger partial charge in [-0.15, -0.1) is 0 Å². The average Bonchev–Trinajstić information content (AvgIpc) is 2.97. The zero-order valence-electron chi connectivity index (χ0n) is 24.1. The van der Waals surface area contributed by atoms with Crippen molar-refractivity contribution in [2.24, 2.45) is 10.8 Å². The normalized spacial score (nSPS) is 10.3. The second kappa shape index (κ2) is 29.9. The number of carbonyl (C=O) groups is 6. The van der Waals surface area contributed by atoms with E-state index in [9.17, 15) is 28.8 Å². The first kappa shape index (κ1) is 51.7. The van der Waals surface area contributed by atoms with Crippen LogP contribution >= 0.6 is 0 Å². The molecule has 0 atom stereocenters. The number of carboxylic acid groups (broad SMARTS) is 4. The molecule has 0 spiro atoms. The van der Waals surface area contributed by atoms with E-state index in [1.807, 2.05) is 0 Å². The van der Waals surface area contributed by atoms with Gasteiger partial charge in [0.25, 0.3) is 0 Å². The predicted octanol–water partition coefficient (Wildman–Crippen LogP) is -3.09. The summed E-state index contributed by atoms with van der Waals surface area (Å²) in [7, 11) is 0. The molecule has 19 heteroatoms. The molecule has 45 heavy (non-hydrogen) atoms. The molecule has 10 N–H and O–H groups in total. The topological polar surface area (TPSA) is 323 Å². The fourth-order valence-corrected chi connectivity index (χ4v) is 1.54. The van der Waals surface area contributed by atoms with Crippen molar-refractivity contribution in [1.29, 1.82) is 0 Å². The Morgan fingerprint density at radius 3 is 0.800 bits per heavy atom. The molecule has 0 aliphatic rings. The quantitative estimate of drug-likeness (QED) is 0.0438. The van der Waals surface area contributed by atoms with Crippen LogP contribution in [0.25, 0.3) is 0 Å². The van der Waals surface area contributed by atoms with Crippen molar-refractivity contribution < 1.29 is 89.3 Å². The van der Waals surface area contributed by atoms with Crippen LogP contribution in [-0.4, -0.2) is 191 Å². The van der Waals surface area contributed by atoms with Gasteiger partial charge in [0, 0.05) is 35.5 Å². The number of esters is 2. The molecule has 0 aliphatic carbocycles. The Bertz CT molecular complexity index is 881. The Morgan fingerprint density at radius 2 is 0.689 bits per heavy atom. The molecule has 0 rings (SSSR count). The summed E-state index contributed by atoms with van der Waals surface area (Å²) in [4.78, 5) is 60.2. The molecular formula is C26H41KO18. The predicted molar refractivity (Wildman–Crippen MR) is 155 cm³/mol. The number of ether oxygens (including phenoxy) is 2. The van der Waals surface area contributed by atoms with Crippen molar-refractivity contribution in [3.8, 4) is 0 Å². The molecule has 0 saturated carbocycles. The third kappa shape index (κ3) is 31.0. The van der Waals surface area contributed by atoms with Crippen molar-refractivity contribution in [3.05, 3.63) is 48.6 Å². The van der Waals surface area contributed by atoms with E-state index in [-0.39, 0.29) is 75.7 Å². The van der Waals surface area contributed by atoms with E-state index >= 15 is 0 Å². The number of aliphatic hydroxyl groups is 6. The molecule has 0 unspecified atom stereocenters. The maximum atomic E-state index is 11.0. The van der Waals surface area contributed by atoms with Crippen molar-refractivity contribution in [2.75, 3.05) is 52.9 Å². The van der Waals surface area contributed by atoms with E-state index in [1.54, 1.807) is 0 Å². The fraction of sp³-hybridized carbons (Fsp3) is 0.462. The van der Waals surface area contributed by atoms with E-state index in [2.05, 4.69) is 13.2 Å². The fourth-order valence-electron chi connectivity index (χ4n) is 1.54. The van der Waals surface area contributed by atoms with E-state index in [0.717, 1.165) is 0 Å². The molecule has 0 aromatic rings. The molecule has 0 aromatic carbocycles. The van der Waals surface area contributed by atoms with Crippen LogP contribution in [-0.2, 0) is 38.2 Å². The van der Waals surface area contributed by atoms with Crippen LogP contribution in [0.1, 0.15) is 13.8 Å². The molecule has 254 valence electrons. The minimum atomic E-state index is -1.26. The first-order valence-electron chi connectivity index (χ1n) is 11.9. The number of carboxylic acids is 4. The summed E-state index contributed by atoms with van der Waals surface area (Å²) in [6.45, 7) is 6.52. The second-order valence-corrected chi connectivity index (χ2v) is 8.68. The van der Waals surface area contributed by atoms with Gasteiger partial charge in [-0.25, -0.2) is 28.8 Å².